The van der Waals surface area contributed by atoms with Crippen molar-refractivity contribution in [2.45, 2.75) is 103 Å². The molecule has 3 heteroatoms. The van der Waals surface area contributed by atoms with Crippen LogP contribution in [0.3, 0.4) is 0 Å². The summed E-state index contributed by atoms with van der Waals surface area (Å²) in [5, 5.41) is 0. The van der Waals surface area contributed by atoms with E-state index in [-0.39, 0.29) is 0 Å². The number of unbranched alkanes of at least 4 members (excludes halogenated alkanes) is 12. The van der Waals surface area contributed by atoms with Crippen molar-refractivity contribution in [2.75, 3.05) is 6.61 Å². The molecule has 0 aromatic heterocycles. The first-order valence-electron chi connectivity index (χ1n) is 13.1. The predicted molar refractivity (Wildman–Crippen MR) is 142 cm³/mol. The van der Waals surface area contributed by atoms with Crippen LogP contribution in [0.15, 0.2) is 54.6 Å². The number of hydrogen-bond donors (Lipinski definition) is 0. The van der Waals surface area contributed by atoms with Gasteiger partial charge < -0.3 is 8.85 Å². The summed E-state index contributed by atoms with van der Waals surface area (Å²) < 4.78 is 12.4. The lowest BCUT2D eigenvalue weighted by atomic mass is 10.0. The van der Waals surface area contributed by atoms with Gasteiger partial charge in [-0.25, -0.2) is 0 Å². The molecule has 0 N–H and O–H groups in total. The van der Waals surface area contributed by atoms with Gasteiger partial charge in [-0.15, -0.1) is 0 Å². The summed E-state index contributed by atoms with van der Waals surface area (Å²) in [7, 11) is -2.14. The molecule has 0 aliphatic rings. The second-order valence-corrected chi connectivity index (χ2v) is 12.8. The van der Waals surface area contributed by atoms with Gasteiger partial charge in [0.15, 0.2) is 0 Å². The van der Waals surface area contributed by atoms with Crippen LogP contribution in [-0.4, -0.2) is 15.2 Å². The zero-order valence-corrected chi connectivity index (χ0v) is 21.9. The highest BCUT2D eigenvalue weighted by atomic mass is 28.4. The molecule has 0 fully saturated rings. The van der Waals surface area contributed by atoms with E-state index in [1.165, 1.54) is 88.2 Å². The van der Waals surface area contributed by atoms with Gasteiger partial charge in [-0.2, -0.15) is 0 Å². The molecule has 0 radical (unpaired) electrons. The van der Waals surface area contributed by atoms with Crippen LogP contribution in [0.4, 0.5) is 0 Å². The molecular formula is C29H46O2Si. The summed E-state index contributed by atoms with van der Waals surface area (Å²) in [5.74, 6) is 0.909. The monoisotopic (exact) mass is 454 g/mol. The average Bonchev–Trinajstić information content (AvgIpc) is 2.80. The first kappa shape index (κ1) is 26.7. The van der Waals surface area contributed by atoms with Crippen LogP contribution in [0.25, 0.3) is 11.1 Å². The molecule has 0 spiro atoms. The van der Waals surface area contributed by atoms with E-state index in [9.17, 15) is 0 Å². The van der Waals surface area contributed by atoms with Crippen molar-refractivity contribution in [3.8, 4) is 16.9 Å². The number of rotatable bonds is 18. The fraction of sp³-hybridized carbons (Fsp3) is 0.586. The van der Waals surface area contributed by atoms with Gasteiger partial charge in [0, 0.05) is 6.61 Å². The molecule has 2 aromatic rings. The normalized spacial score (nSPS) is 11.6. The molecule has 0 heterocycles. The highest BCUT2D eigenvalue weighted by Gasteiger charge is 2.26. The summed E-state index contributed by atoms with van der Waals surface area (Å²) in [6.07, 6.45) is 17.9. The van der Waals surface area contributed by atoms with Gasteiger partial charge in [-0.1, -0.05) is 126 Å². The summed E-state index contributed by atoms with van der Waals surface area (Å²) in [5.41, 5.74) is 2.44. The van der Waals surface area contributed by atoms with Gasteiger partial charge in [0.2, 0.25) is 0 Å². The van der Waals surface area contributed by atoms with E-state index in [0.29, 0.717) is 0 Å². The van der Waals surface area contributed by atoms with Crippen molar-refractivity contribution in [1.29, 1.82) is 0 Å². The number of hydrogen-bond acceptors (Lipinski definition) is 2. The molecule has 0 saturated heterocycles. The van der Waals surface area contributed by atoms with Crippen LogP contribution >= 0.6 is 0 Å². The minimum Gasteiger partial charge on any atom is -0.520 e. The Morgan fingerprint density at radius 1 is 0.562 bits per heavy atom. The SMILES string of the molecule is CCCCCCCCCCCCCCCO[Si](C)(C)Oc1ccc(-c2ccccc2)cc1. The van der Waals surface area contributed by atoms with Crippen molar-refractivity contribution < 1.29 is 8.85 Å². The van der Waals surface area contributed by atoms with Crippen molar-refractivity contribution in [3.63, 3.8) is 0 Å². The minimum atomic E-state index is -2.14. The topological polar surface area (TPSA) is 18.5 Å². The van der Waals surface area contributed by atoms with E-state index in [4.69, 9.17) is 8.85 Å². The smallest absolute Gasteiger partial charge is 0.392 e. The van der Waals surface area contributed by atoms with Gasteiger partial charge in [0.25, 0.3) is 0 Å². The maximum atomic E-state index is 6.22. The second-order valence-electron chi connectivity index (χ2n) is 9.48. The lowest BCUT2D eigenvalue weighted by Gasteiger charge is -2.24. The van der Waals surface area contributed by atoms with E-state index in [1.54, 1.807) is 0 Å². The van der Waals surface area contributed by atoms with Crippen molar-refractivity contribution in [3.05, 3.63) is 54.6 Å². The zero-order valence-electron chi connectivity index (χ0n) is 20.9. The van der Waals surface area contributed by atoms with Crippen molar-refractivity contribution in [1.82, 2.24) is 0 Å². The highest BCUT2D eigenvalue weighted by molar-refractivity contribution is 6.65. The summed E-state index contributed by atoms with van der Waals surface area (Å²) in [4.78, 5) is 0. The minimum absolute atomic E-state index is 0.819. The Bertz CT molecular complexity index is 697. The second kappa shape index (κ2) is 16.1. The van der Waals surface area contributed by atoms with E-state index in [0.717, 1.165) is 18.8 Å². The van der Waals surface area contributed by atoms with Crippen LogP contribution in [0.5, 0.6) is 5.75 Å². The Balaban J connectivity index is 1.49. The average molecular weight is 455 g/mol. The van der Waals surface area contributed by atoms with Gasteiger partial charge in [-0.3, -0.25) is 0 Å². The molecule has 2 rings (SSSR count). The zero-order chi connectivity index (χ0) is 22.9. The lowest BCUT2D eigenvalue weighted by molar-refractivity contribution is 0.240. The fourth-order valence-corrected chi connectivity index (χ4v) is 5.50. The van der Waals surface area contributed by atoms with Gasteiger partial charge in [-0.05, 0) is 42.8 Å². The van der Waals surface area contributed by atoms with Crippen LogP contribution < -0.4 is 4.43 Å². The molecule has 0 aliphatic carbocycles. The molecule has 2 nitrogen and oxygen atoms in total. The van der Waals surface area contributed by atoms with E-state index < -0.39 is 8.56 Å². The van der Waals surface area contributed by atoms with E-state index >= 15 is 0 Å². The van der Waals surface area contributed by atoms with Crippen LogP contribution in [-0.2, 0) is 4.43 Å². The summed E-state index contributed by atoms with van der Waals surface area (Å²) in [6.45, 7) is 7.38. The Hall–Kier alpha value is -1.58. The number of benzene rings is 2. The van der Waals surface area contributed by atoms with Gasteiger partial charge in [0.05, 0.1) is 0 Å². The van der Waals surface area contributed by atoms with E-state index in [1.807, 2.05) is 6.07 Å². The first-order valence-corrected chi connectivity index (χ1v) is 15.9. The van der Waals surface area contributed by atoms with Gasteiger partial charge in [0.1, 0.15) is 5.75 Å². The predicted octanol–water partition coefficient (Wildman–Crippen LogP) is 9.54. The Kier molecular flexibility index (Phi) is 13.4. The summed E-state index contributed by atoms with van der Waals surface area (Å²) in [6, 6.07) is 18.8. The fourth-order valence-electron chi connectivity index (χ4n) is 4.10. The molecular weight excluding hydrogens is 408 g/mol. The third-order valence-corrected chi connectivity index (χ3v) is 7.65. The highest BCUT2D eigenvalue weighted by Crippen LogP contribution is 2.24. The lowest BCUT2D eigenvalue weighted by Crippen LogP contribution is -2.38. The van der Waals surface area contributed by atoms with Crippen molar-refractivity contribution in [2.24, 2.45) is 0 Å². The van der Waals surface area contributed by atoms with Crippen molar-refractivity contribution >= 4 is 8.56 Å². The first-order chi connectivity index (χ1) is 15.6. The maximum absolute atomic E-state index is 6.22. The van der Waals surface area contributed by atoms with Gasteiger partial charge >= 0.3 is 8.56 Å². The third-order valence-electron chi connectivity index (χ3n) is 6.02. The molecule has 0 unspecified atom stereocenters. The maximum Gasteiger partial charge on any atom is 0.392 e. The van der Waals surface area contributed by atoms with Crippen LogP contribution in [0, 0.1) is 0 Å². The Morgan fingerprint density at radius 2 is 1.03 bits per heavy atom. The molecule has 0 aliphatic heterocycles. The third kappa shape index (κ3) is 11.9. The molecule has 0 amide bonds. The molecule has 0 saturated carbocycles. The molecule has 0 atom stereocenters. The quantitative estimate of drug-likeness (QED) is 0.165. The molecule has 0 bridgehead atoms. The Labute approximate surface area is 199 Å². The molecule has 178 valence electrons. The van der Waals surface area contributed by atoms with Crippen LogP contribution in [0.1, 0.15) is 90.4 Å². The molecule has 32 heavy (non-hydrogen) atoms. The molecule has 2 aromatic carbocycles. The largest absolute Gasteiger partial charge is 0.520 e. The van der Waals surface area contributed by atoms with E-state index in [2.05, 4.69) is 68.5 Å². The van der Waals surface area contributed by atoms with Crippen LogP contribution in [0.2, 0.25) is 13.1 Å². The summed E-state index contributed by atoms with van der Waals surface area (Å²) >= 11 is 0. The standard InChI is InChI=1S/C29H46O2Si/c1-4-5-6-7-8-9-10-11-12-13-14-15-19-26-30-32(2,3)31-29-24-22-28(23-25-29)27-20-17-16-18-21-27/h16-18,20-25H,4-15,19,26H2,1-3H3. The Morgan fingerprint density at radius 3 is 1.56 bits per heavy atom.